The zero-order valence-corrected chi connectivity index (χ0v) is 16.8. The first-order valence-electron chi connectivity index (χ1n) is 8.78. The van der Waals surface area contributed by atoms with Crippen molar-refractivity contribution in [3.05, 3.63) is 41.0 Å². The Morgan fingerprint density at radius 2 is 1.92 bits per heavy atom. The molecule has 1 N–H and O–H groups in total. The van der Waals surface area contributed by atoms with Gasteiger partial charge >= 0.3 is 0 Å². The predicted molar refractivity (Wildman–Crippen MR) is 103 cm³/mol. The molecule has 1 aromatic carbocycles. The van der Waals surface area contributed by atoms with Crippen molar-refractivity contribution < 1.29 is 12.8 Å². The Kier molecular flexibility index (Phi) is 5.99. The fourth-order valence-corrected chi connectivity index (χ4v) is 4.20. The Morgan fingerprint density at radius 1 is 1.31 bits per heavy atom. The number of nitrogens with one attached hydrogen (secondary N) is 1. The molecule has 0 saturated carbocycles. The highest BCUT2D eigenvalue weighted by Gasteiger charge is 2.46. The molecule has 1 aliphatic rings. The summed E-state index contributed by atoms with van der Waals surface area (Å²) in [5.74, 6) is -0.582. The second-order valence-corrected chi connectivity index (χ2v) is 10.1. The molecular formula is C19H28FN3O2S. The Labute approximate surface area is 156 Å². The Balaban J connectivity index is 2.08. The van der Waals surface area contributed by atoms with Gasteiger partial charge in [0.1, 0.15) is 5.82 Å². The van der Waals surface area contributed by atoms with Crippen molar-refractivity contribution in [1.82, 2.24) is 4.90 Å². The molecule has 0 amide bonds. The minimum atomic E-state index is -3.52. The van der Waals surface area contributed by atoms with Crippen LogP contribution in [0.5, 0.6) is 0 Å². The summed E-state index contributed by atoms with van der Waals surface area (Å²) in [6, 6.07) is 4.54. The number of rotatable bonds is 5. The number of halogens is 1. The zero-order chi connectivity index (χ0) is 19.6. The number of nitrogens with zero attached hydrogens (tertiary/aromatic N) is 2. The van der Waals surface area contributed by atoms with Crippen LogP contribution in [0.3, 0.4) is 0 Å². The number of hydrogen-bond acceptors (Lipinski definition) is 3. The molecule has 1 saturated heterocycles. The molecule has 2 rings (SSSR count). The minimum absolute atomic E-state index is 0.0148. The summed E-state index contributed by atoms with van der Waals surface area (Å²) < 4.78 is 38.8. The van der Waals surface area contributed by atoms with Gasteiger partial charge in [0.15, 0.2) is 0 Å². The van der Waals surface area contributed by atoms with E-state index in [0.29, 0.717) is 13.1 Å². The lowest BCUT2D eigenvalue weighted by atomic mass is 9.61. The lowest BCUT2D eigenvalue weighted by Gasteiger charge is -2.46. The lowest BCUT2D eigenvalue weighted by Crippen LogP contribution is -2.47. The first-order valence-corrected chi connectivity index (χ1v) is 10.7. The molecule has 0 aromatic heterocycles. The monoisotopic (exact) mass is 381 g/mol. The van der Waals surface area contributed by atoms with E-state index in [1.165, 1.54) is 6.07 Å². The van der Waals surface area contributed by atoms with Gasteiger partial charge in [-0.15, -0.1) is 0 Å². The van der Waals surface area contributed by atoms with Gasteiger partial charge in [0.05, 0.1) is 11.9 Å². The number of piperidine rings is 1. The third kappa shape index (κ3) is 4.95. The minimum Gasteiger partial charge on any atom is -0.316 e. The molecule has 0 atom stereocenters. The molecule has 5 nitrogen and oxygen atoms in total. The third-order valence-corrected chi connectivity index (χ3v) is 6.11. The molecule has 1 heterocycles. The molecule has 1 fully saturated rings. The molecule has 0 unspecified atom stereocenters. The summed E-state index contributed by atoms with van der Waals surface area (Å²) in [4.78, 5) is 5.97. The van der Waals surface area contributed by atoms with Crippen molar-refractivity contribution in [3.63, 3.8) is 0 Å². The summed E-state index contributed by atoms with van der Waals surface area (Å²) in [5, 5.41) is 0. The molecule has 1 aliphatic heterocycles. The molecule has 0 aliphatic carbocycles. The van der Waals surface area contributed by atoms with E-state index >= 15 is 0 Å². The molecule has 144 valence electrons. The number of anilines is 1. The van der Waals surface area contributed by atoms with Crippen LogP contribution in [0.15, 0.2) is 18.2 Å². The normalized spacial score (nSPS) is 18.3. The second kappa shape index (κ2) is 7.53. The average molecular weight is 382 g/mol. The van der Waals surface area contributed by atoms with Gasteiger partial charge in [-0.05, 0) is 49.0 Å². The second-order valence-electron chi connectivity index (χ2n) is 8.31. The average Bonchev–Trinajstić information content (AvgIpc) is 2.50. The van der Waals surface area contributed by atoms with Crippen LogP contribution in [0.1, 0.15) is 39.2 Å². The fourth-order valence-electron chi connectivity index (χ4n) is 3.64. The van der Waals surface area contributed by atoms with Gasteiger partial charge in [0.2, 0.25) is 16.6 Å². The quantitative estimate of drug-likeness (QED) is 0.791. The van der Waals surface area contributed by atoms with Crippen LogP contribution in [-0.4, -0.2) is 39.2 Å². The van der Waals surface area contributed by atoms with Gasteiger partial charge in [0.25, 0.3) is 0 Å². The van der Waals surface area contributed by atoms with E-state index < -0.39 is 15.8 Å². The van der Waals surface area contributed by atoms with Crippen LogP contribution in [0.2, 0.25) is 0 Å². The van der Waals surface area contributed by atoms with E-state index in [1.807, 2.05) is 0 Å². The van der Waals surface area contributed by atoms with E-state index in [-0.39, 0.29) is 16.5 Å². The van der Waals surface area contributed by atoms with Crippen LogP contribution in [0.4, 0.5) is 10.1 Å². The van der Waals surface area contributed by atoms with Crippen LogP contribution in [0, 0.1) is 23.2 Å². The summed E-state index contributed by atoms with van der Waals surface area (Å²) in [7, 11) is -3.52. The van der Waals surface area contributed by atoms with E-state index in [0.717, 1.165) is 37.8 Å². The first kappa shape index (κ1) is 20.7. The van der Waals surface area contributed by atoms with Crippen LogP contribution >= 0.6 is 0 Å². The van der Waals surface area contributed by atoms with Gasteiger partial charge in [-0.2, -0.15) is 0 Å². The van der Waals surface area contributed by atoms with E-state index in [2.05, 4.69) is 35.2 Å². The predicted octanol–water partition coefficient (Wildman–Crippen LogP) is 3.74. The smallest absolute Gasteiger partial charge is 0.229 e. The Hall–Kier alpha value is -1.65. The van der Waals surface area contributed by atoms with Crippen molar-refractivity contribution in [3.8, 4) is 0 Å². The van der Waals surface area contributed by atoms with Crippen molar-refractivity contribution in [2.45, 2.75) is 40.2 Å². The topological polar surface area (TPSA) is 53.8 Å². The van der Waals surface area contributed by atoms with Gasteiger partial charge in [0, 0.05) is 12.0 Å². The maximum absolute atomic E-state index is 13.8. The SMILES string of the molecule is [C-]#[N+]CC1(C(C)(C)C)CCN(Cc2ccc(F)c(NS(C)(=O)=O)c2)CC1. The van der Waals surface area contributed by atoms with Crippen LogP contribution < -0.4 is 4.72 Å². The molecule has 0 spiro atoms. The maximum atomic E-state index is 13.8. The Morgan fingerprint density at radius 3 is 2.42 bits per heavy atom. The largest absolute Gasteiger partial charge is 0.316 e. The molecule has 1 aromatic rings. The van der Waals surface area contributed by atoms with Crippen LogP contribution in [-0.2, 0) is 16.6 Å². The number of likely N-dealkylation sites (tertiary alicyclic amines) is 1. The summed E-state index contributed by atoms with van der Waals surface area (Å²) in [5.41, 5.74) is 0.952. The van der Waals surface area contributed by atoms with Crippen molar-refractivity contribution in [1.29, 1.82) is 0 Å². The van der Waals surface area contributed by atoms with E-state index in [1.54, 1.807) is 12.1 Å². The number of benzene rings is 1. The van der Waals surface area contributed by atoms with Gasteiger partial charge in [-0.25, -0.2) is 19.4 Å². The summed E-state index contributed by atoms with van der Waals surface area (Å²) >= 11 is 0. The van der Waals surface area contributed by atoms with Crippen molar-refractivity contribution in [2.75, 3.05) is 30.6 Å². The molecule has 26 heavy (non-hydrogen) atoms. The molecular weight excluding hydrogens is 353 g/mol. The van der Waals surface area contributed by atoms with E-state index in [9.17, 15) is 12.8 Å². The van der Waals surface area contributed by atoms with Crippen LogP contribution in [0.25, 0.3) is 4.85 Å². The maximum Gasteiger partial charge on any atom is 0.229 e. The first-order chi connectivity index (χ1) is 12.0. The Bertz CT molecular complexity index is 786. The third-order valence-electron chi connectivity index (χ3n) is 5.52. The van der Waals surface area contributed by atoms with Crippen molar-refractivity contribution >= 4 is 15.7 Å². The number of sulfonamides is 1. The highest BCUT2D eigenvalue weighted by atomic mass is 32.2. The molecule has 0 bridgehead atoms. The molecule has 0 radical (unpaired) electrons. The van der Waals surface area contributed by atoms with Crippen molar-refractivity contribution in [2.24, 2.45) is 10.8 Å². The molecule has 7 heteroatoms. The fraction of sp³-hybridized carbons (Fsp3) is 0.632. The van der Waals surface area contributed by atoms with Gasteiger partial charge < -0.3 is 4.85 Å². The highest BCUT2D eigenvalue weighted by molar-refractivity contribution is 7.92. The standard InChI is InChI=1S/C19H28FN3O2S/c1-18(2,3)19(14-21-4)8-10-23(11-9-19)13-15-6-7-16(20)17(12-15)22-26(5,24)25/h6-7,12,22H,8-11,13-14H2,1-3,5H3. The zero-order valence-electron chi connectivity index (χ0n) is 16.0. The number of hydrogen-bond donors (Lipinski definition) is 1. The lowest BCUT2D eigenvalue weighted by molar-refractivity contribution is 0.0173. The summed E-state index contributed by atoms with van der Waals surface area (Å²) in [6.45, 7) is 16.9. The van der Waals surface area contributed by atoms with E-state index in [4.69, 9.17) is 6.57 Å². The van der Waals surface area contributed by atoms with Gasteiger partial charge in [-0.1, -0.05) is 26.8 Å². The summed E-state index contributed by atoms with van der Waals surface area (Å²) in [6.07, 6.45) is 2.91. The van der Waals surface area contributed by atoms with Gasteiger partial charge in [-0.3, -0.25) is 9.62 Å². The highest BCUT2D eigenvalue weighted by Crippen LogP contribution is 2.47.